The second-order valence-corrected chi connectivity index (χ2v) is 4.76. The number of carboxylic acids is 1. The van der Waals surface area contributed by atoms with Crippen LogP contribution in [0.4, 0.5) is 5.69 Å². The van der Waals surface area contributed by atoms with Gasteiger partial charge in [0.05, 0.1) is 17.6 Å². The smallest absolute Gasteiger partial charge is 0.339 e. The third-order valence-corrected chi connectivity index (χ3v) is 3.66. The van der Waals surface area contributed by atoms with E-state index in [0.717, 1.165) is 30.2 Å². The SMILES string of the molecule is CCc1c(C(=O)O)cnn1-c1ccc(N(CC)CC)cc1. The third kappa shape index (κ3) is 2.91. The Kier molecular flexibility index (Phi) is 4.62. The maximum absolute atomic E-state index is 11.2. The van der Waals surface area contributed by atoms with E-state index in [1.807, 2.05) is 31.2 Å². The molecule has 0 aliphatic carbocycles. The quantitative estimate of drug-likeness (QED) is 0.887. The predicted molar refractivity (Wildman–Crippen MR) is 83.5 cm³/mol. The molecule has 1 heterocycles. The number of rotatable bonds is 6. The first kappa shape index (κ1) is 15.1. The van der Waals surface area contributed by atoms with Crippen LogP contribution in [0.3, 0.4) is 0 Å². The summed E-state index contributed by atoms with van der Waals surface area (Å²) in [4.78, 5) is 13.4. The Morgan fingerprint density at radius 2 is 1.81 bits per heavy atom. The summed E-state index contributed by atoms with van der Waals surface area (Å²) in [6.45, 7) is 8.10. The van der Waals surface area contributed by atoms with Crippen LogP contribution in [0.15, 0.2) is 30.5 Å². The van der Waals surface area contributed by atoms with Gasteiger partial charge in [-0.25, -0.2) is 9.48 Å². The number of carbonyl (C=O) groups is 1. The van der Waals surface area contributed by atoms with E-state index in [2.05, 4.69) is 23.8 Å². The number of aromatic nitrogens is 2. The van der Waals surface area contributed by atoms with Crippen molar-refractivity contribution >= 4 is 11.7 Å². The Morgan fingerprint density at radius 1 is 1.19 bits per heavy atom. The zero-order valence-electron chi connectivity index (χ0n) is 12.7. The molecule has 2 rings (SSSR count). The zero-order valence-corrected chi connectivity index (χ0v) is 12.7. The number of anilines is 1. The van der Waals surface area contributed by atoms with Crippen LogP contribution in [0, 0.1) is 0 Å². The second kappa shape index (κ2) is 6.43. The van der Waals surface area contributed by atoms with Gasteiger partial charge in [-0.05, 0) is 44.5 Å². The van der Waals surface area contributed by atoms with Crippen molar-refractivity contribution in [3.05, 3.63) is 41.7 Å². The first-order chi connectivity index (χ1) is 10.1. The van der Waals surface area contributed by atoms with Gasteiger partial charge in [0.1, 0.15) is 5.56 Å². The molecule has 0 fully saturated rings. The number of carboxylic acid groups (broad SMARTS) is 1. The van der Waals surface area contributed by atoms with Crippen molar-refractivity contribution in [1.29, 1.82) is 0 Å². The largest absolute Gasteiger partial charge is 0.478 e. The van der Waals surface area contributed by atoms with Gasteiger partial charge >= 0.3 is 5.97 Å². The molecule has 1 aromatic carbocycles. The van der Waals surface area contributed by atoms with Crippen LogP contribution in [0.2, 0.25) is 0 Å². The molecular weight excluding hydrogens is 266 g/mol. The lowest BCUT2D eigenvalue weighted by Gasteiger charge is -2.21. The summed E-state index contributed by atoms with van der Waals surface area (Å²) in [6.07, 6.45) is 2.04. The Morgan fingerprint density at radius 3 is 2.29 bits per heavy atom. The zero-order chi connectivity index (χ0) is 15.4. The van der Waals surface area contributed by atoms with Crippen LogP contribution in [-0.4, -0.2) is 33.9 Å². The monoisotopic (exact) mass is 287 g/mol. The summed E-state index contributed by atoms with van der Waals surface area (Å²) in [6, 6.07) is 8.05. The molecule has 0 radical (unpaired) electrons. The molecule has 1 aromatic heterocycles. The van der Waals surface area contributed by atoms with E-state index in [0.29, 0.717) is 6.42 Å². The minimum Gasteiger partial charge on any atom is -0.478 e. The minimum atomic E-state index is -0.933. The first-order valence-corrected chi connectivity index (χ1v) is 7.27. The molecule has 5 heteroatoms. The van der Waals surface area contributed by atoms with E-state index in [4.69, 9.17) is 0 Å². The Labute approximate surface area is 124 Å². The third-order valence-electron chi connectivity index (χ3n) is 3.66. The first-order valence-electron chi connectivity index (χ1n) is 7.27. The molecule has 1 N–H and O–H groups in total. The second-order valence-electron chi connectivity index (χ2n) is 4.76. The average Bonchev–Trinajstić information content (AvgIpc) is 2.93. The Bertz CT molecular complexity index is 613. The van der Waals surface area contributed by atoms with Gasteiger partial charge in [0.2, 0.25) is 0 Å². The standard InChI is InChI=1S/C16H21N3O2/c1-4-15-14(16(20)21)11-17-19(15)13-9-7-12(8-10-13)18(5-2)6-3/h7-11H,4-6H2,1-3H3,(H,20,21). The van der Waals surface area contributed by atoms with E-state index in [-0.39, 0.29) is 5.56 Å². The van der Waals surface area contributed by atoms with Crippen molar-refractivity contribution in [3.63, 3.8) is 0 Å². The van der Waals surface area contributed by atoms with E-state index in [9.17, 15) is 9.90 Å². The van der Waals surface area contributed by atoms with Crippen molar-refractivity contribution in [2.45, 2.75) is 27.2 Å². The molecule has 0 amide bonds. The minimum absolute atomic E-state index is 0.269. The lowest BCUT2D eigenvalue weighted by molar-refractivity contribution is 0.0695. The molecule has 0 aliphatic rings. The molecule has 5 nitrogen and oxygen atoms in total. The molecule has 0 aliphatic heterocycles. The molecule has 0 saturated carbocycles. The summed E-state index contributed by atoms with van der Waals surface area (Å²) in [5, 5.41) is 13.4. The van der Waals surface area contributed by atoms with Gasteiger partial charge in [0, 0.05) is 18.8 Å². The van der Waals surface area contributed by atoms with Gasteiger partial charge in [-0.2, -0.15) is 5.10 Å². The van der Waals surface area contributed by atoms with E-state index < -0.39 is 5.97 Å². The van der Waals surface area contributed by atoms with Gasteiger partial charge in [0.25, 0.3) is 0 Å². The average molecular weight is 287 g/mol. The molecule has 2 aromatic rings. The summed E-state index contributed by atoms with van der Waals surface area (Å²) >= 11 is 0. The molecule has 0 bridgehead atoms. The molecule has 0 saturated heterocycles. The predicted octanol–water partition coefficient (Wildman–Crippen LogP) is 2.98. The Hall–Kier alpha value is -2.30. The molecule has 112 valence electrons. The van der Waals surface area contributed by atoms with Gasteiger partial charge < -0.3 is 10.0 Å². The Balaban J connectivity index is 2.37. The van der Waals surface area contributed by atoms with Crippen LogP contribution in [0.25, 0.3) is 5.69 Å². The highest BCUT2D eigenvalue weighted by Crippen LogP contribution is 2.20. The van der Waals surface area contributed by atoms with Crippen LogP contribution < -0.4 is 4.90 Å². The fourth-order valence-corrected chi connectivity index (χ4v) is 2.51. The fourth-order valence-electron chi connectivity index (χ4n) is 2.51. The maximum atomic E-state index is 11.2. The summed E-state index contributed by atoms with van der Waals surface area (Å²) < 4.78 is 1.70. The lowest BCUT2D eigenvalue weighted by Crippen LogP contribution is -2.21. The van der Waals surface area contributed by atoms with Crippen LogP contribution in [0.1, 0.15) is 36.8 Å². The van der Waals surface area contributed by atoms with Gasteiger partial charge in [-0.3, -0.25) is 0 Å². The van der Waals surface area contributed by atoms with Crippen LogP contribution >= 0.6 is 0 Å². The topological polar surface area (TPSA) is 58.4 Å². The van der Waals surface area contributed by atoms with E-state index >= 15 is 0 Å². The van der Waals surface area contributed by atoms with Crippen molar-refractivity contribution < 1.29 is 9.90 Å². The number of aromatic carboxylic acids is 1. The van der Waals surface area contributed by atoms with Crippen molar-refractivity contribution in [1.82, 2.24) is 9.78 Å². The van der Waals surface area contributed by atoms with Crippen molar-refractivity contribution in [2.75, 3.05) is 18.0 Å². The lowest BCUT2D eigenvalue weighted by atomic mass is 10.2. The summed E-state index contributed by atoms with van der Waals surface area (Å²) in [5.41, 5.74) is 3.03. The molecule has 0 spiro atoms. The van der Waals surface area contributed by atoms with Gasteiger partial charge in [-0.15, -0.1) is 0 Å². The van der Waals surface area contributed by atoms with E-state index in [1.54, 1.807) is 4.68 Å². The molecule has 0 unspecified atom stereocenters. The van der Waals surface area contributed by atoms with E-state index in [1.165, 1.54) is 6.20 Å². The van der Waals surface area contributed by atoms with Crippen molar-refractivity contribution in [2.24, 2.45) is 0 Å². The number of hydrogen-bond donors (Lipinski definition) is 1. The molecule has 0 atom stereocenters. The number of hydrogen-bond acceptors (Lipinski definition) is 3. The highest BCUT2D eigenvalue weighted by atomic mass is 16.4. The highest BCUT2D eigenvalue weighted by molar-refractivity contribution is 5.88. The fraction of sp³-hybridized carbons (Fsp3) is 0.375. The summed E-state index contributed by atoms with van der Waals surface area (Å²) in [7, 11) is 0. The highest BCUT2D eigenvalue weighted by Gasteiger charge is 2.16. The number of nitrogens with zero attached hydrogens (tertiary/aromatic N) is 3. The normalized spacial score (nSPS) is 10.6. The number of benzene rings is 1. The molecular formula is C16H21N3O2. The van der Waals surface area contributed by atoms with Crippen molar-refractivity contribution in [3.8, 4) is 5.69 Å². The summed E-state index contributed by atoms with van der Waals surface area (Å²) in [5.74, 6) is -0.933. The van der Waals surface area contributed by atoms with Crippen LogP contribution in [-0.2, 0) is 6.42 Å². The van der Waals surface area contributed by atoms with Gasteiger partial charge in [-0.1, -0.05) is 6.92 Å². The molecule has 21 heavy (non-hydrogen) atoms. The van der Waals surface area contributed by atoms with Gasteiger partial charge in [0.15, 0.2) is 0 Å². The van der Waals surface area contributed by atoms with Crippen LogP contribution in [0.5, 0.6) is 0 Å². The maximum Gasteiger partial charge on any atom is 0.339 e.